The maximum atomic E-state index is 12.2. The molecule has 2 aliphatic rings. The Bertz CT molecular complexity index is 1230. The number of carbonyl (C=O) groups is 1. The molecule has 4 atom stereocenters. The minimum atomic E-state index is -0.756. The van der Waals surface area contributed by atoms with Crippen LogP contribution < -0.4 is 10.7 Å². The Morgan fingerprint density at radius 3 is 2.74 bits per heavy atom. The number of amides is 1. The van der Waals surface area contributed by atoms with E-state index in [-0.39, 0.29) is 11.2 Å². The van der Waals surface area contributed by atoms with Gasteiger partial charge in [0, 0.05) is 24.8 Å². The van der Waals surface area contributed by atoms with Crippen molar-refractivity contribution < 1.29 is 9.90 Å². The maximum Gasteiger partial charge on any atom is 0.275 e. The van der Waals surface area contributed by atoms with Crippen LogP contribution in [0.3, 0.4) is 0 Å². The molecule has 162 valence electrons. The second kappa shape index (κ2) is 6.93. The smallest absolute Gasteiger partial charge is 0.275 e. The summed E-state index contributed by atoms with van der Waals surface area (Å²) in [5.74, 6) is 1.02. The van der Waals surface area contributed by atoms with Crippen LogP contribution in [-0.4, -0.2) is 37.4 Å². The molecule has 0 aliphatic heterocycles. The van der Waals surface area contributed by atoms with Crippen LogP contribution in [0.2, 0.25) is 0 Å². The number of nitrogens with zero attached hydrogens (tertiary/aromatic N) is 4. The summed E-state index contributed by atoms with van der Waals surface area (Å²) in [6.07, 6.45) is 8.46. The van der Waals surface area contributed by atoms with Crippen molar-refractivity contribution in [1.82, 2.24) is 24.6 Å². The maximum absolute atomic E-state index is 12.2. The van der Waals surface area contributed by atoms with Crippen LogP contribution in [0.4, 0.5) is 0 Å². The molecule has 2 saturated carbocycles. The Balaban J connectivity index is 1.62. The van der Waals surface area contributed by atoms with E-state index in [1.807, 2.05) is 12.3 Å². The molecule has 8 heteroatoms. The molecule has 2 aliphatic carbocycles. The fraction of sp³-hybridized carbons (Fsp3) is 0.478. The van der Waals surface area contributed by atoms with Crippen molar-refractivity contribution in [1.29, 1.82) is 0 Å². The molecule has 3 aromatic heterocycles. The SMILES string of the molecule is CCC1[C@H]2CC(Cn3cc(O)c(=O)c(C(=O)NC)n3)(n3cc(C)c4cccnc43)C[C@@H]12. The summed E-state index contributed by atoms with van der Waals surface area (Å²) >= 11 is 0. The van der Waals surface area contributed by atoms with Crippen molar-refractivity contribution in [2.24, 2.45) is 17.8 Å². The molecule has 0 spiro atoms. The number of aromatic hydroxyl groups is 1. The lowest BCUT2D eigenvalue weighted by Gasteiger charge is -2.35. The van der Waals surface area contributed by atoms with Gasteiger partial charge in [-0.05, 0) is 55.2 Å². The average Bonchev–Trinajstić information content (AvgIpc) is 3.08. The normalized spacial score (nSPS) is 26.7. The molecule has 3 heterocycles. The van der Waals surface area contributed by atoms with E-state index in [0.29, 0.717) is 18.4 Å². The molecule has 2 N–H and O–H groups in total. The highest BCUT2D eigenvalue weighted by Crippen LogP contribution is 2.65. The van der Waals surface area contributed by atoms with Crippen LogP contribution in [0.25, 0.3) is 11.0 Å². The first-order valence-electron chi connectivity index (χ1n) is 10.8. The summed E-state index contributed by atoms with van der Waals surface area (Å²) < 4.78 is 3.82. The number of nitrogens with one attached hydrogen (secondary N) is 1. The molecule has 8 nitrogen and oxygen atoms in total. The highest BCUT2D eigenvalue weighted by atomic mass is 16.3. The molecule has 0 bridgehead atoms. The van der Waals surface area contributed by atoms with E-state index in [1.54, 1.807) is 4.68 Å². The molecule has 1 amide bonds. The summed E-state index contributed by atoms with van der Waals surface area (Å²) in [6, 6.07) is 4.03. The lowest BCUT2D eigenvalue weighted by molar-refractivity contribution is 0.0952. The van der Waals surface area contributed by atoms with Gasteiger partial charge in [-0.3, -0.25) is 14.3 Å². The highest BCUT2D eigenvalue weighted by molar-refractivity contribution is 5.92. The van der Waals surface area contributed by atoms with Gasteiger partial charge in [-0.1, -0.05) is 13.3 Å². The number of hydrogen-bond acceptors (Lipinski definition) is 5. The van der Waals surface area contributed by atoms with Crippen molar-refractivity contribution in [3.63, 3.8) is 0 Å². The Morgan fingerprint density at radius 1 is 1.32 bits per heavy atom. The first-order chi connectivity index (χ1) is 14.9. The Morgan fingerprint density at radius 2 is 2.06 bits per heavy atom. The molecular formula is C23H27N5O3. The molecule has 2 fully saturated rings. The second-order valence-electron chi connectivity index (χ2n) is 9.06. The van der Waals surface area contributed by atoms with Crippen LogP contribution >= 0.6 is 0 Å². The van der Waals surface area contributed by atoms with Crippen molar-refractivity contribution in [3.05, 3.63) is 52.2 Å². The largest absolute Gasteiger partial charge is 0.503 e. The second-order valence-corrected chi connectivity index (χ2v) is 9.06. The first kappa shape index (κ1) is 19.8. The third-order valence-corrected chi connectivity index (χ3v) is 7.33. The van der Waals surface area contributed by atoms with Gasteiger partial charge in [0.1, 0.15) is 5.65 Å². The fourth-order valence-corrected chi connectivity index (χ4v) is 5.85. The summed E-state index contributed by atoms with van der Waals surface area (Å²) in [6.45, 7) is 4.79. The third kappa shape index (κ3) is 2.96. The van der Waals surface area contributed by atoms with E-state index in [2.05, 4.69) is 46.1 Å². The quantitative estimate of drug-likeness (QED) is 0.659. The highest BCUT2D eigenvalue weighted by Gasteiger charge is 2.61. The molecule has 0 saturated heterocycles. The van der Waals surface area contributed by atoms with Gasteiger partial charge in [0.15, 0.2) is 11.4 Å². The van der Waals surface area contributed by atoms with Gasteiger partial charge in [-0.15, -0.1) is 0 Å². The van der Waals surface area contributed by atoms with E-state index >= 15 is 0 Å². The van der Waals surface area contributed by atoms with Gasteiger partial charge in [-0.2, -0.15) is 5.10 Å². The van der Waals surface area contributed by atoms with E-state index in [9.17, 15) is 14.7 Å². The van der Waals surface area contributed by atoms with Gasteiger partial charge in [-0.25, -0.2) is 4.98 Å². The van der Waals surface area contributed by atoms with Crippen LogP contribution in [0.15, 0.2) is 35.5 Å². The number of carbonyl (C=O) groups excluding carboxylic acids is 1. The van der Waals surface area contributed by atoms with Crippen molar-refractivity contribution in [2.45, 2.75) is 45.2 Å². The fourth-order valence-electron chi connectivity index (χ4n) is 5.85. The topological polar surface area (TPSA) is 102 Å². The van der Waals surface area contributed by atoms with Gasteiger partial charge in [0.2, 0.25) is 0 Å². The van der Waals surface area contributed by atoms with Crippen LogP contribution in [0.1, 0.15) is 42.2 Å². The molecule has 0 radical (unpaired) electrons. The first-order valence-corrected chi connectivity index (χ1v) is 10.8. The van der Waals surface area contributed by atoms with Crippen LogP contribution in [0.5, 0.6) is 5.75 Å². The third-order valence-electron chi connectivity index (χ3n) is 7.33. The monoisotopic (exact) mass is 421 g/mol. The zero-order valence-electron chi connectivity index (χ0n) is 18.0. The summed E-state index contributed by atoms with van der Waals surface area (Å²) in [4.78, 5) is 29.0. The average molecular weight is 422 g/mol. The molecule has 31 heavy (non-hydrogen) atoms. The van der Waals surface area contributed by atoms with Gasteiger partial charge >= 0.3 is 0 Å². The van der Waals surface area contributed by atoms with E-state index in [0.717, 1.165) is 35.4 Å². The number of hydrogen-bond donors (Lipinski definition) is 2. The van der Waals surface area contributed by atoms with Crippen molar-refractivity contribution in [3.8, 4) is 5.75 Å². The molecule has 2 unspecified atom stereocenters. The number of pyridine rings is 1. The molecule has 3 aromatic rings. The number of fused-ring (bicyclic) bond motifs is 2. The van der Waals surface area contributed by atoms with Crippen LogP contribution in [0, 0.1) is 24.7 Å². The van der Waals surface area contributed by atoms with Crippen molar-refractivity contribution >= 4 is 16.9 Å². The predicted octanol–water partition coefficient (Wildman–Crippen LogP) is 2.43. The molecular weight excluding hydrogens is 394 g/mol. The standard InChI is InChI=1S/C23H27N5O3/c1-4-14-16-8-23(9-17(14)16,28-10-13(2)15-6-5-7-25-21(15)28)12-27-11-18(29)20(30)19(26-27)22(31)24-3/h5-7,10-11,14,16-17,29H,4,8-9,12H2,1-3H3,(H,24,31)/t14?,16-,17+,23?. The number of aromatic nitrogens is 4. The summed E-state index contributed by atoms with van der Waals surface area (Å²) in [7, 11) is 1.44. The number of aryl methyl sites for hydroxylation is 1. The number of rotatable bonds is 5. The Hall–Kier alpha value is -3.16. The minimum Gasteiger partial charge on any atom is -0.503 e. The van der Waals surface area contributed by atoms with Crippen molar-refractivity contribution in [2.75, 3.05) is 7.05 Å². The Labute approximate surface area is 179 Å². The van der Waals surface area contributed by atoms with Gasteiger partial charge < -0.3 is 15.0 Å². The zero-order chi connectivity index (χ0) is 21.9. The van der Waals surface area contributed by atoms with E-state index < -0.39 is 17.1 Å². The van der Waals surface area contributed by atoms with E-state index in [1.165, 1.54) is 19.7 Å². The lowest BCUT2D eigenvalue weighted by Crippen LogP contribution is -2.39. The summed E-state index contributed by atoms with van der Waals surface area (Å²) in [5.41, 5.74) is 0.770. The Kier molecular flexibility index (Phi) is 4.42. The predicted molar refractivity (Wildman–Crippen MR) is 116 cm³/mol. The zero-order valence-corrected chi connectivity index (χ0v) is 18.0. The lowest BCUT2D eigenvalue weighted by atomic mass is 9.89. The van der Waals surface area contributed by atoms with E-state index in [4.69, 9.17) is 0 Å². The minimum absolute atomic E-state index is 0.281. The molecule has 0 aromatic carbocycles. The van der Waals surface area contributed by atoms with Gasteiger partial charge in [0.05, 0.1) is 18.3 Å². The van der Waals surface area contributed by atoms with Crippen LogP contribution in [-0.2, 0) is 12.1 Å². The molecule has 5 rings (SSSR count). The van der Waals surface area contributed by atoms with Gasteiger partial charge in [0.25, 0.3) is 11.3 Å². The summed E-state index contributed by atoms with van der Waals surface area (Å²) in [5, 5.41) is 18.0.